The van der Waals surface area contributed by atoms with Gasteiger partial charge in [0.25, 0.3) is 0 Å². The van der Waals surface area contributed by atoms with Crippen molar-refractivity contribution < 1.29 is 18.7 Å². The number of hydrogen-bond acceptors (Lipinski definition) is 7. The lowest BCUT2D eigenvalue weighted by Gasteiger charge is -2.41. The monoisotopic (exact) mass is 572 g/mol. The molecule has 1 saturated heterocycles. The van der Waals surface area contributed by atoms with Gasteiger partial charge in [-0.1, -0.05) is 26.5 Å². The predicted molar refractivity (Wildman–Crippen MR) is 157 cm³/mol. The number of pyridine rings is 1. The topological polar surface area (TPSA) is 104 Å². The van der Waals surface area contributed by atoms with Gasteiger partial charge in [-0.2, -0.15) is 4.98 Å². The van der Waals surface area contributed by atoms with Crippen LogP contribution in [0, 0.1) is 18.6 Å². The van der Waals surface area contributed by atoms with E-state index in [0.717, 1.165) is 11.6 Å². The van der Waals surface area contributed by atoms with Gasteiger partial charge >= 0.3 is 5.69 Å². The maximum absolute atomic E-state index is 16.5. The molecule has 216 valence electrons. The minimum Gasteiger partial charge on any atom is -0.507 e. The van der Waals surface area contributed by atoms with Crippen LogP contribution in [0.2, 0.25) is 0 Å². The summed E-state index contributed by atoms with van der Waals surface area (Å²) in [5.74, 6) is -2.05. The van der Waals surface area contributed by atoms with E-state index in [4.69, 9.17) is 0 Å². The summed E-state index contributed by atoms with van der Waals surface area (Å²) < 4.78 is 33.1. The number of amides is 1. The van der Waals surface area contributed by atoms with Crippen molar-refractivity contribution in [1.82, 2.24) is 19.4 Å². The summed E-state index contributed by atoms with van der Waals surface area (Å²) in [4.78, 5) is 39.1. The molecule has 11 heteroatoms. The Balaban J connectivity index is 1.71. The number of nitrogens with one attached hydrogen (secondary N) is 1. The Bertz CT molecular complexity index is 1820. The van der Waals surface area contributed by atoms with Crippen LogP contribution in [0.4, 0.5) is 20.3 Å². The van der Waals surface area contributed by atoms with Gasteiger partial charge < -0.3 is 20.2 Å². The summed E-state index contributed by atoms with van der Waals surface area (Å²) in [6.07, 6.45) is 2.92. The first-order valence-corrected chi connectivity index (χ1v) is 13.8. The third-order valence-corrected chi connectivity index (χ3v) is 8.04. The molecule has 2 aromatic carbocycles. The van der Waals surface area contributed by atoms with Crippen LogP contribution in [0.3, 0.4) is 0 Å². The van der Waals surface area contributed by atoms with Crippen molar-refractivity contribution in [2.75, 3.05) is 36.4 Å². The zero-order valence-corrected chi connectivity index (χ0v) is 23.5. The van der Waals surface area contributed by atoms with Gasteiger partial charge in [0.05, 0.1) is 39.6 Å². The predicted octanol–water partition coefficient (Wildman–Crippen LogP) is 4.49. The van der Waals surface area contributed by atoms with Gasteiger partial charge in [-0.15, -0.1) is 0 Å². The molecule has 2 N–H and O–H groups in total. The number of phenols is 1. The van der Waals surface area contributed by atoms with E-state index in [1.165, 1.54) is 28.8 Å². The number of anilines is 2. The molecule has 0 spiro atoms. The number of benzene rings is 2. The summed E-state index contributed by atoms with van der Waals surface area (Å²) in [5, 5.41) is 14.2. The number of fused-ring (bicyclic) bond motifs is 2. The maximum Gasteiger partial charge on any atom is 0.354 e. The zero-order valence-electron chi connectivity index (χ0n) is 23.5. The Morgan fingerprint density at radius 2 is 2.02 bits per heavy atom. The van der Waals surface area contributed by atoms with Crippen LogP contribution in [0.1, 0.15) is 31.0 Å². The quantitative estimate of drug-likeness (QED) is 0.348. The summed E-state index contributed by atoms with van der Waals surface area (Å²) in [6, 6.07) is 6.60. The summed E-state index contributed by atoms with van der Waals surface area (Å²) in [6.45, 7) is 10.6. The molecule has 9 nitrogen and oxygen atoms in total. The largest absolute Gasteiger partial charge is 0.507 e. The maximum atomic E-state index is 16.5. The minimum absolute atomic E-state index is 0.0324. The summed E-state index contributed by atoms with van der Waals surface area (Å²) in [7, 11) is 0. The summed E-state index contributed by atoms with van der Waals surface area (Å²) >= 11 is 0. The van der Waals surface area contributed by atoms with Gasteiger partial charge in [-0.3, -0.25) is 14.3 Å². The van der Waals surface area contributed by atoms with E-state index < -0.39 is 23.1 Å². The second-order valence-electron chi connectivity index (χ2n) is 10.9. The highest BCUT2D eigenvalue weighted by Gasteiger charge is 2.36. The average Bonchev–Trinajstić information content (AvgIpc) is 3.12. The molecule has 0 bridgehead atoms. The van der Waals surface area contributed by atoms with Crippen LogP contribution in [0.15, 0.2) is 54.0 Å². The van der Waals surface area contributed by atoms with Crippen molar-refractivity contribution in [2.24, 2.45) is 0 Å². The SMILES string of the molecule is C=CC(=O)N1CCN2c3nc(=O)n(-c4c(C)ccnc4C(C)C)c4cc(-c5c(O)cccc5F)c(F)c(c34)NCC2C1. The standard InChI is InChI=1S/C31H30F2N6O3/c1-5-23(41)37-11-12-38-18(15-37)14-35-28-25-21(13-19(26(28)33)24-20(32)7-6-8-22(24)40)39(31(42)36-30(25)38)29-17(4)9-10-34-27(29)16(2)3/h5-10,13,16,18,35,40H,1,11-12,14-15H2,2-4H3. The number of aromatic hydroxyl groups is 1. The molecular formula is C31H30F2N6O3. The molecule has 2 aromatic heterocycles. The van der Waals surface area contributed by atoms with Crippen LogP contribution in [-0.2, 0) is 4.79 Å². The molecular weight excluding hydrogens is 542 g/mol. The van der Waals surface area contributed by atoms with Crippen LogP contribution in [0.5, 0.6) is 5.75 Å². The number of aromatic nitrogens is 3. The number of rotatable bonds is 4. The fourth-order valence-electron chi connectivity index (χ4n) is 6.04. The minimum atomic E-state index is -0.811. The van der Waals surface area contributed by atoms with Crippen molar-refractivity contribution in [3.63, 3.8) is 0 Å². The van der Waals surface area contributed by atoms with E-state index in [-0.39, 0.29) is 52.6 Å². The first kappa shape index (κ1) is 27.4. The number of aryl methyl sites for hydroxylation is 1. The number of piperazine rings is 1. The molecule has 0 saturated carbocycles. The van der Waals surface area contributed by atoms with Gasteiger partial charge in [0, 0.05) is 37.9 Å². The van der Waals surface area contributed by atoms with Crippen LogP contribution >= 0.6 is 0 Å². The number of carbonyl (C=O) groups excluding carboxylic acids is 1. The Kier molecular flexibility index (Phi) is 6.67. The Hall–Kier alpha value is -4.80. The summed E-state index contributed by atoms with van der Waals surface area (Å²) in [5.41, 5.74) is 1.10. The van der Waals surface area contributed by atoms with Crippen LogP contribution < -0.4 is 15.9 Å². The number of halogens is 2. The lowest BCUT2D eigenvalue weighted by Crippen LogP contribution is -2.57. The van der Waals surface area contributed by atoms with E-state index in [9.17, 15) is 14.7 Å². The first-order valence-electron chi connectivity index (χ1n) is 13.8. The smallest absolute Gasteiger partial charge is 0.354 e. The Morgan fingerprint density at radius 3 is 2.74 bits per heavy atom. The normalized spacial score (nSPS) is 16.3. The lowest BCUT2D eigenvalue weighted by molar-refractivity contribution is -0.126. The second-order valence-corrected chi connectivity index (χ2v) is 10.9. The first-order chi connectivity index (χ1) is 20.1. The van der Waals surface area contributed by atoms with Gasteiger partial charge in [0.2, 0.25) is 5.91 Å². The molecule has 1 atom stereocenters. The fourth-order valence-corrected chi connectivity index (χ4v) is 6.04. The van der Waals surface area contributed by atoms with Crippen molar-refractivity contribution in [3.8, 4) is 22.6 Å². The zero-order chi connectivity index (χ0) is 29.9. The van der Waals surface area contributed by atoms with Crippen molar-refractivity contribution in [3.05, 3.63) is 82.6 Å². The van der Waals surface area contributed by atoms with E-state index in [1.807, 2.05) is 25.7 Å². The van der Waals surface area contributed by atoms with Crippen molar-refractivity contribution in [2.45, 2.75) is 32.7 Å². The van der Waals surface area contributed by atoms with E-state index in [2.05, 4.69) is 21.9 Å². The van der Waals surface area contributed by atoms with Gasteiger partial charge in [-0.05, 0) is 48.7 Å². The second kappa shape index (κ2) is 10.2. The van der Waals surface area contributed by atoms with Crippen LogP contribution in [-0.4, -0.2) is 62.7 Å². The van der Waals surface area contributed by atoms with Crippen molar-refractivity contribution in [1.29, 1.82) is 0 Å². The number of hydrogen-bond donors (Lipinski definition) is 2. The highest BCUT2D eigenvalue weighted by Crippen LogP contribution is 2.44. The Labute approximate surface area is 240 Å². The van der Waals surface area contributed by atoms with E-state index in [1.54, 1.807) is 17.2 Å². The van der Waals surface area contributed by atoms with Crippen LogP contribution in [0.25, 0.3) is 27.7 Å². The number of phenolic OH excluding ortho intramolecular Hbond substituents is 1. The number of nitrogens with zero attached hydrogens (tertiary/aromatic N) is 5. The third kappa shape index (κ3) is 4.18. The van der Waals surface area contributed by atoms with Gasteiger partial charge in [-0.25, -0.2) is 13.6 Å². The molecule has 0 radical (unpaired) electrons. The van der Waals surface area contributed by atoms with Crippen molar-refractivity contribution >= 4 is 28.3 Å². The molecule has 1 amide bonds. The third-order valence-electron chi connectivity index (χ3n) is 8.04. The molecule has 1 fully saturated rings. The molecule has 6 rings (SSSR count). The highest BCUT2D eigenvalue weighted by atomic mass is 19.1. The molecule has 42 heavy (non-hydrogen) atoms. The van der Waals surface area contributed by atoms with E-state index in [0.29, 0.717) is 36.4 Å². The fraction of sp³-hybridized carbons (Fsp3) is 0.290. The lowest BCUT2D eigenvalue weighted by atomic mass is 9.98. The molecule has 4 heterocycles. The molecule has 0 aliphatic carbocycles. The molecule has 1 unspecified atom stereocenters. The van der Waals surface area contributed by atoms with E-state index >= 15 is 8.78 Å². The van der Waals surface area contributed by atoms with Gasteiger partial charge in [0.1, 0.15) is 17.4 Å². The average molecular weight is 573 g/mol. The molecule has 4 aromatic rings. The van der Waals surface area contributed by atoms with Gasteiger partial charge in [0.15, 0.2) is 5.82 Å². The molecule has 2 aliphatic heterocycles. The number of carbonyl (C=O) groups is 1. The highest BCUT2D eigenvalue weighted by molar-refractivity contribution is 6.05. The Morgan fingerprint density at radius 1 is 1.24 bits per heavy atom. The molecule has 2 aliphatic rings.